The van der Waals surface area contributed by atoms with Crippen LogP contribution in [-0.2, 0) is 15.9 Å². The Labute approximate surface area is 153 Å². The van der Waals surface area contributed by atoms with E-state index < -0.39 is 24.1 Å². The lowest BCUT2D eigenvalue weighted by Gasteiger charge is -2.32. The van der Waals surface area contributed by atoms with Gasteiger partial charge in [0, 0.05) is 5.46 Å². The molecule has 2 aromatic rings. The lowest BCUT2D eigenvalue weighted by Crippen LogP contribution is -2.41. The summed E-state index contributed by atoms with van der Waals surface area (Å²) in [6, 6.07) is 13.7. The van der Waals surface area contributed by atoms with Gasteiger partial charge in [0.2, 0.25) is 0 Å². The molecule has 1 heterocycles. The summed E-state index contributed by atoms with van der Waals surface area (Å²) in [5.41, 5.74) is 0.637. The number of benzene rings is 2. The van der Waals surface area contributed by atoms with Gasteiger partial charge in [-0.15, -0.1) is 0 Å². The largest absolute Gasteiger partial charge is 0.498 e. The molecule has 0 bridgehead atoms. The molecule has 0 spiro atoms. The van der Waals surface area contributed by atoms with Crippen LogP contribution in [0.15, 0.2) is 42.5 Å². The highest BCUT2D eigenvalue weighted by Gasteiger charge is 2.52. The topological polar surface area (TPSA) is 51.5 Å². The second kappa shape index (κ2) is 6.75. The van der Waals surface area contributed by atoms with Crippen LogP contribution < -0.4 is 10.2 Å². The Balaban J connectivity index is 1.80. The van der Waals surface area contributed by atoms with Gasteiger partial charge in [0.15, 0.2) is 0 Å². The molecule has 3 rings (SSSR count). The smallest absolute Gasteiger partial charge is 0.489 e. The Morgan fingerprint density at radius 1 is 1.08 bits per heavy atom. The Morgan fingerprint density at radius 3 is 2.38 bits per heavy atom. The minimum absolute atomic E-state index is 0.00495. The molecule has 1 aliphatic heterocycles. The molecular weight excluding hydrogens is 332 g/mol. The summed E-state index contributed by atoms with van der Waals surface area (Å²) in [6.45, 7) is 8.21. The molecule has 2 aromatic carbocycles. The first-order valence-electron chi connectivity index (χ1n) is 8.49. The zero-order valence-corrected chi connectivity index (χ0v) is 15.4. The molecular formula is C20H21BFNO3. The van der Waals surface area contributed by atoms with Crippen LogP contribution in [0.5, 0.6) is 5.75 Å². The van der Waals surface area contributed by atoms with Gasteiger partial charge < -0.3 is 14.0 Å². The number of halogens is 1. The van der Waals surface area contributed by atoms with Gasteiger partial charge in [-0.3, -0.25) is 0 Å². The number of rotatable bonds is 4. The van der Waals surface area contributed by atoms with Crippen LogP contribution in [0.3, 0.4) is 0 Å². The van der Waals surface area contributed by atoms with E-state index in [2.05, 4.69) is 0 Å². The molecule has 0 atom stereocenters. The lowest BCUT2D eigenvalue weighted by atomic mass is 9.78. The zero-order valence-electron chi connectivity index (χ0n) is 15.4. The highest BCUT2D eigenvalue weighted by molar-refractivity contribution is 6.63. The van der Waals surface area contributed by atoms with Crippen LogP contribution in [0, 0.1) is 17.1 Å². The van der Waals surface area contributed by atoms with E-state index in [1.165, 1.54) is 12.1 Å². The Kier molecular flexibility index (Phi) is 4.79. The van der Waals surface area contributed by atoms with Crippen LogP contribution in [0.1, 0.15) is 38.8 Å². The predicted molar refractivity (Wildman–Crippen MR) is 97.6 cm³/mol. The first-order valence-corrected chi connectivity index (χ1v) is 8.49. The molecule has 6 heteroatoms. The number of ether oxygens (including phenoxy) is 1. The van der Waals surface area contributed by atoms with E-state index in [-0.39, 0.29) is 12.2 Å². The number of nitriles is 1. The first kappa shape index (κ1) is 18.4. The summed E-state index contributed by atoms with van der Waals surface area (Å²) >= 11 is 0. The molecule has 0 N–H and O–H groups in total. The maximum atomic E-state index is 13.5. The van der Waals surface area contributed by atoms with E-state index in [9.17, 15) is 4.39 Å². The van der Waals surface area contributed by atoms with Crippen molar-refractivity contribution in [3.8, 4) is 11.8 Å². The van der Waals surface area contributed by atoms with Crippen molar-refractivity contribution in [2.24, 2.45) is 0 Å². The molecule has 1 aliphatic rings. The first-order chi connectivity index (χ1) is 12.2. The Hall–Kier alpha value is -2.36. The summed E-state index contributed by atoms with van der Waals surface area (Å²) in [5, 5.41) is 8.95. The average molecular weight is 353 g/mol. The number of para-hydroxylation sites is 1. The second-order valence-electron chi connectivity index (χ2n) is 7.34. The van der Waals surface area contributed by atoms with Gasteiger partial charge in [0.1, 0.15) is 24.2 Å². The van der Waals surface area contributed by atoms with Crippen molar-refractivity contribution in [2.75, 3.05) is 0 Å². The van der Waals surface area contributed by atoms with Gasteiger partial charge in [-0.05, 0) is 51.5 Å². The predicted octanol–water partition coefficient (Wildman–Crippen LogP) is 3.58. The third kappa shape index (κ3) is 3.46. The molecule has 0 radical (unpaired) electrons. The molecule has 0 aliphatic carbocycles. The fourth-order valence-corrected chi connectivity index (χ4v) is 2.69. The third-order valence-electron chi connectivity index (χ3n) is 4.97. The van der Waals surface area contributed by atoms with E-state index in [4.69, 9.17) is 19.3 Å². The van der Waals surface area contributed by atoms with Crippen LogP contribution in [0.4, 0.5) is 4.39 Å². The fourth-order valence-electron chi connectivity index (χ4n) is 2.69. The van der Waals surface area contributed by atoms with E-state index in [1.54, 1.807) is 6.07 Å². The minimum atomic E-state index is -0.533. The minimum Gasteiger partial charge on any atom is -0.489 e. The van der Waals surface area contributed by atoms with Gasteiger partial charge in [-0.2, -0.15) is 5.26 Å². The van der Waals surface area contributed by atoms with Crippen molar-refractivity contribution in [1.82, 2.24) is 0 Å². The molecule has 0 unspecified atom stereocenters. The van der Waals surface area contributed by atoms with Crippen molar-refractivity contribution < 1.29 is 18.4 Å². The standard InChI is InChI=1S/C20H21BFNO3/c1-19(2)20(3,4)26-21(25-19)16-7-5-6-8-18(16)24-13-14-9-10-17(22)15(11-14)12-23/h5-11H,13H2,1-4H3. The second-order valence-corrected chi connectivity index (χ2v) is 7.34. The summed E-state index contributed by atoms with van der Waals surface area (Å²) in [6.07, 6.45) is 0. The van der Waals surface area contributed by atoms with Crippen molar-refractivity contribution in [1.29, 1.82) is 5.26 Å². The normalized spacial score (nSPS) is 17.8. The zero-order chi connectivity index (χ0) is 18.9. The van der Waals surface area contributed by atoms with Crippen LogP contribution in [0.2, 0.25) is 0 Å². The van der Waals surface area contributed by atoms with Crippen LogP contribution in [-0.4, -0.2) is 18.3 Å². The van der Waals surface area contributed by atoms with E-state index in [1.807, 2.05) is 58.0 Å². The third-order valence-corrected chi connectivity index (χ3v) is 4.97. The maximum Gasteiger partial charge on any atom is 0.498 e. The monoisotopic (exact) mass is 353 g/mol. The molecule has 1 fully saturated rings. The van der Waals surface area contributed by atoms with E-state index in [0.29, 0.717) is 11.3 Å². The molecule has 1 saturated heterocycles. The molecule has 0 aromatic heterocycles. The summed E-state index contributed by atoms with van der Waals surface area (Å²) < 4.78 is 31.6. The quantitative estimate of drug-likeness (QED) is 0.789. The summed E-state index contributed by atoms with van der Waals surface area (Å²) in [4.78, 5) is 0. The van der Waals surface area contributed by atoms with Crippen molar-refractivity contribution in [2.45, 2.75) is 45.5 Å². The van der Waals surface area contributed by atoms with E-state index >= 15 is 0 Å². The van der Waals surface area contributed by atoms with Gasteiger partial charge in [-0.1, -0.05) is 24.3 Å². The van der Waals surface area contributed by atoms with Crippen molar-refractivity contribution in [3.63, 3.8) is 0 Å². The number of hydrogen-bond acceptors (Lipinski definition) is 4. The molecule has 134 valence electrons. The van der Waals surface area contributed by atoms with Crippen LogP contribution >= 0.6 is 0 Å². The maximum absolute atomic E-state index is 13.5. The Morgan fingerprint density at radius 2 is 1.73 bits per heavy atom. The van der Waals surface area contributed by atoms with Crippen LogP contribution in [0.25, 0.3) is 0 Å². The molecule has 0 saturated carbocycles. The van der Waals surface area contributed by atoms with Gasteiger partial charge in [-0.25, -0.2) is 4.39 Å². The highest BCUT2D eigenvalue weighted by atomic mass is 19.1. The van der Waals surface area contributed by atoms with E-state index in [0.717, 1.165) is 5.46 Å². The van der Waals surface area contributed by atoms with Gasteiger partial charge in [0.05, 0.1) is 16.8 Å². The summed E-state index contributed by atoms with van der Waals surface area (Å²) in [7, 11) is -0.529. The SMILES string of the molecule is CC1(C)OB(c2ccccc2OCc2ccc(F)c(C#N)c2)OC1(C)C. The highest BCUT2D eigenvalue weighted by Crippen LogP contribution is 2.37. The van der Waals surface area contributed by atoms with Crippen molar-refractivity contribution in [3.05, 3.63) is 59.4 Å². The number of hydrogen-bond donors (Lipinski definition) is 0. The molecule has 26 heavy (non-hydrogen) atoms. The average Bonchev–Trinajstić information content (AvgIpc) is 2.82. The fraction of sp³-hybridized carbons (Fsp3) is 0.350. The molecule has 0 amide bonds. The van der Waals surface area contributed by atoms with Gasteiger partial charge in [0.25, 0.3) is 0 Å². The number of nitrogens with zero attached hydrogens (tertiary/aromatic N) is 1. The molecule has 4 nitrogen and oxygen atoms in total. The lowest BCUT2D eigenvalue weighted by molar-refractivity contribution is 0.00578. The Bertz CT molecular complexity index is 844. The van der Waals surface area contributed by atoms with Crippen molar-refractivity contribution >= 4 is 12.6 Å². The van der Waals surface area contributed by atoms with Gasteiger partial charge >= 0.3 is 7.12 Å². The summed E-state index contributed by atoms with van der Waals surface area (Å²) in [5.74, 6) is 0.0997.